The molecular formula is C20H17FN2S. The largest absolute Gasteiger partial charge is 0.287 e. The van der Waals surface area contributed by atoms with Gasteiger partial charge in [0, 0.05) is 33.8 Å². The Balaban J connectivity index is 1.61. The highest BCUT2D eigenvalue weighted by Gasteiger charge is 2.32. The molecule has 4 heteroatoms. The van der Waals surface area contributed by atoms with Crippen LogP contribution in [0.25, 0.3) is 17.7 Å². The lowest BCUT2D eigenvalue weighted by molar-refractivity contribution is 0.626. The van der Waals surface area contributed by atoms with Gasteiger partial charge in [-0.05, 0) is 73.4 Å². The maximum absolute atomic E-state index is 13.1. The fourth-order valence-corrected chi connectivity index (χ4v) is 4.59. The van der Waals surface area contributed by atoms with Gasteiger partial charge in [0.1, 0.15) is 5.82 Å². The van der Waals surface area contributed by atoms with Gasteiger partial charge in [-0.15, -0.1) is 0 Å². The third kappa shape index (κ3) is 2.28. The number of aromatic nitrogens is 1. The average molecular weight is 336 g/mol. The highest BCUT2D eigenvalue weighted by molar-refractivity contribution is 7.97. The van der Waals surface area contributed by atoms with Crippen LogP contribution < -0.4 is 10.6 Å². The quantitative estimate of drug-likeness (QED) is 0.834. The predicted molar refractivity (Wildman–Crippen MR) is 97.6 cm³/mol. The second kappa shape index (κ2) is 5.49. The van der Waals surface area contributed by atoms with Crippen LogP contribution >= 0.6 is 11.9 Å². The summed E-state index contributed by atoms with van der Waals surface area (Å²) in [6, 6.07) is 6.70. The van der Waals surface area contributed by atoms with Crippen LogP contribution in [0.4, 0.5) is 4.39 Å². The highest BCUT2D eigenvalue weighted by atomic mass is 32.2. The first-order chi connectivity index (χ1) is 11.8. The molecule has 0 N–H and O–H groups in total. The molecule has 2 nitrogen and oxygen atoms in total. The van der Waals surface area contributed by atoms with Gasteiger partial charge in [-0.25, -0.2) is 4.39 Å². The zero-order valence-electron chi connectivity index (χ0n) is 13.2. The summed E-state index contributed by atoms with van der Waals surface area (Å²) < 4.78 is 15.4. The third-order valence-corrected chi connectivity index (χ3v) is 6.00. The first-order valence-corrected chi connectivity index (χ1v) is 9.17. The lowest BCUT2D eigenvalue weighted by atomic mass is 9.74. The second-order valence-electron chi connectivity index (χ2n) is 6.58. The zero-order valence-corrected chi connectivity index (χ0v) is 14.0. The van der Waals surface area contributed by atoms with E-state index in [0.29, 0.717) is 5.92 Å². The molecule has 1 fully saturated rings. The normalized spacial score (nSPS) is 18.7. The molecule has 2 aromatic rings. The fraction of sp³-hybridized carbons (Fsp3) is 0.250. The molecule has 2 bridgehead atoms. The first kappa shape index (κ1) is 14.3. The Kier molecular flexibility index (Phi) is 3.27. The van der Waals surface area contributed by atoms with Crippen LogP contribution in [0, 0.1) is 11.7 Å². The van der Waals surface area contributed by atoms with Crippen molar-refractivity contribution in [1.82, 2.24) is 3.97 Å². The van der Waals surface area contributed by atoms with Gasteiger partial charge in [-0.2, -0.15) is 0 Å². The topological polar surface area (TPSA) is 17.3 Å². The van der Waals surface area contributed by atoms with E-state index in [4.69, 9.17) is 0 Å². The highest BCUT2D eigenvalue weighted by Crippen LogP contribution is 2.40. The zero-order chi connectivity index (χ0) is 16.1. The predicted octanol–water partition coefficient (Wildman–Crippen LogP) is 3.74. The maximum atomic E-state index is 13.1. The Bertz CT molecular complexity index is 987. The molecule has 4 aliphatic rings. The van der Waals surface area contributed by atoms with Gasteiger partial charge in [-0.3, -0.25) is 8.96 Å². The molecule has 2 aliphatic heterocycles. The summed E-state index contributed by atoms with van der Waals surface area (Å²) in [5.74, 6) is 0.448. The van der Waals surface area contributed by atoms with Gasteiger partial charge in [0.15, 0.2) is 0 Å². The van der Waals surface area contributed by atoms with E-state index >= 15 is 0 Å². The van der Waals surface area contributed by atoms with Crippen LogP contribution in [0.1, 0.15) is 31.2 Å². The van der Waals surface area contributed by atoms with E-state index in [2.05, 4.69) is 33.5 Å². The molecule has 1 aromatic heterocycles. The van der Waals surface area contributed by atoms with Gasteiger partial charge in [0.05, 0.1) is 5.35 Å². The van der Waals surface area contributed by atoms with E-state index in [-0.39, 0.29) is 5.82 Å². The minimum absolute atomic E-state index is 0.194. The van der Waals surface area contributed by atoms with E-state index < -0.39 is 0 Å². The number of fused-ring (bicyclic) bond motifs is 2. The summed E-state index contributed by atoms with van der Waals surface area (Å²) >= 11 is 1.65. The van der Waals surface area contributed by atoms with Crippen molar-refractivity contribution < 1.29 is 4.39 Å². The monoisotopic (exact) mass is 336 g/mol. The van der Waals surface area contributed by atoms with Crippen molar-refractivity contribution in [2.45, 2.75) is 30.6 Å². The van der Waals surface area contributed by atoms with Crippen LogP contribution in [0.5, 0.6) is 0 Å². The van der Waals surface area contributed by atoms with Crippen LogP contribution in [0.15, 0.2) is 46.6 Å². The van der Waals surface area contributed by atoms with Crippen molar-refractivity contribution >= 4 is 35.4 Å². The van der Waals surface area contributed by atoms with E-state index in [1.165, 1.54) is 39.5 Å². The molecule has 2 aliphatic carbocycles. The molecule has 6 rings (SSSR count). The number of hydrogen-bond acceptors (Lipinski definition) is 2. The lowest BCUT2D eigenvalue weighted by Crippen LogP contribution is -2.33. The summed E-state index contributed by atoms with van der Waals surface area (Å²) in [4.78, 5) is 5.62. The number of rotatable bonds is 3. The summed E-state index contributed by atoms with van der Waals surface area (Å²) in [7, 11) is 0. The molecule has 0 spiro atoms. The minimum Gasteiger partial charge on any atom is -0.287 e. The summed E-state index contributed by atoms with van der Waals surface area (Å²) in [5.41, 5.74) is 4.04. The van der Waals surface area contributed by atoms with Crippen LogP contribution in [0.3, 0.4) is 0 Å². The molecule has 0 radical (unpaired) electrons. The Morgan fingerprint density at radius 1 is 1.08 bits per heavy atom. The fourth-order valence-electron chi connectivity index (χ4n) is 3.68. The van der Waals surface area contributed by atoms with E-state index in [0.717, 1.165) is 30.6 Å². The van der Waals surface area contributed by atoms with Crippen molar-refractivity contribution in [1.29, 1.82) is 0 Å². The van der Waals surface area contributed by atoms with E-state index in [1.54, 1.807) is 11.9 Å². The number of benzene rings is 1. The van der Waals surface area contributed by atoms with Crippen molar-refractivity contribution in [3.8, 4) is 0 Å². The number of nitrogens with zero attached hydrogens (tertiary/aromatic N) is 2. The number of aliphatic imine (C=N–C) groups is 1. The van der Waals surface area contributed by atoms with Gasteiger partial charge in [0.25, 0.3) is 0 Å². The smallest absolute Gasteiger partial charge is 0.123 e. The lowest BCUT2D eigenvalue weighted by Gasteiger charge is -2.33. The SMILES string of the molecule is Fc1ccc(Sn2cc(C3=CN=C4CC3C4)c3c2=CCCC=3)cc1. The van der Waals surface area contributed by atoms with E-state index in [1.807, 2.05) is 12.1 Å². The maximum Gasteiger partial charge on any atom is 0.123 e. The Morgan fingerprint density at radius 2 is 1.88 bits per heavy atom. The molecule has 120 valence electrons. The van der Waals surface area contributed by atoms with Gasteiger partial charge in [0.2, 0.25) is 0 Å². The second-order valence-corrected chi connectivity index (χ2v) is 7.63. The summed E-state index contributed by atoms with van der Waals surface area (Å²) in [5, 5.41) is 2.60. The Morgan fingerprint density at radius 3 is 2.62 bits per heavy atom. The van der Waals surface area contributed by atoms with Crippen LogP contribution in [-0.2, 0) is 0 Å². The number of hydrogen-bond donors (Lipinski definition) is 0. The van der Waals surface area contributed by atoms with Gasteiger partial charge in [-0.1, -0.05) is 12.2 Å². The molecule has 1 aromatic carbocycles. The van der Waals surface area contributed by atoms with Crippen molar-refractivity contribution in [2.24, 2.45) is 10.9 Å². The Labute approximate surface area is 144 Å². The minimum atomic E-state index is -0.194. The van der Waals surface area contributed by atoms with E-state index in [9.17, 15) is 4.39 Å². The average Bonchev–Trinajstić information content (AvgIpc) is 2.95. The molecule has 0 amide bonds. The summed E-state index contributed by atoms with van der Waals surface area (Å²) in [6.07, 6.45) is 13.4. The Hall–Kier alpha value is -2.07. The number of halogens is 1. The van der Waals surface area contributed by atoms with Crippen molar-refractivity contribution in [3.63, 3.8) is 0 Å². The van der Waals surface area contributed by atoms with Gasteiger partial charge < -0.3 is 0 Å². The van der Waals surface area contributed by atoms with Crippen LogP contribution in [0.2, 0.25) is 0 Å². The molecule has 0 unspecified atom stereocenters. The third-order valence-electron chi connectivity index (χ3n) is 5.02. The first-order valence-electron chi connectivity index (χ1n) is 8.39. The standard InChI is InChI=1S/C20H17FN2S/c21-14-5-7-16(8-6-14)24-23-12-19(17-3-1-2-4-20(17)23)18-11-22-15-9-13(18)10-15/h3-8,11-13H,1-2,9-10H2. The molecule has 0 atom stereocenters. The van der Waals surface area contributed by atoms with Crippen molar-refractivity contribution in [3.05, 3.63) is 58.6 Å². The molecule has 1 saturated carbocycles. The van der Waals surface area contributed by atoms with Gasteiger partial charge >= 0.3 is 0 Å². The molecular weight excluding hydrogens is 319 g/mol. The van der Waals surface area contributed by atoms with Crippen LogP contribution in [-0.4, -0.2) is 9.68 Å². The molecule has 24 heavy (non-hydrogen) atoms. The molecule has 0 saturated heterocycles. The summed E-state index contributed by atoms with van der Waals surface area (Å²) in [6.45, 7) is 0. The van der Waals surface area contributed by atoms with Crippen molar-refractivity contribution in [2.75, 3.05) is 0 Å². The molecule has 3 heterocycles. The number of allylic oxidation sites excluding steroid dienone is 1.